The van der Waals surface area contributed by atoms with Crippen molar-refractivity contribution in [2.45, 2.75) is 13.3 Å². The van der Waals surface area contributed by atoms with Crippen LogP contribution in [0.1, 0.15) is 13.3 Å². The van der Waals surface area contributed by atoms with Gasteiger partial charge in [-0.2, -0.15) is 0 Å². The van der Waals surface area contributed by atoms with Crippen molar-refractivity contribution >= 4 is 11.6 Å². The van der Waals surface area contributed by atoms with Gasteiger partial charge >= 0.3 is 0 Å². The second kappa shape index (κ2) is 4.13. The summed E-state index contributed by atoms with van der Waals surface area (Å²) in [6.45, 7) is 1.54. The Morgan fingerprint density at radius 1 is 1.29 bits per heavy atom. The predicted molar refractivity (Wildman–Crippen MR) is 45.2 cm³/mol. The van der Waals surface area contributed by atoms with E-state index in [-0.39, 0.29) is 6.42 Å². The average Bonchev–Trinajstić information content (AvgIpc) is 2.10. The number of hydrogen-bond acceptors (Lipinski definition) is 1. The van der Waals surface area contributed by atoms with Crippen LogP contribution in [0.4, 0.5) is 18.9 Å². The van der Waals surface area contributed by atoms with Gasteiger partial charge in [0.1, 0.15) is 11.5 Å². The second-order valence-corrected chi connectivity index (χ2v) is 2.65. The summed E-state index contributed by atoms with van der Waals surface area (Å²) < 4.78 is 38.3. The van der Waals surface area contributed by atoms with Crippen molar-refractivity contribution in [1.29, 1.82) is 0 Å². The molecule has 0 aliphatic rings. The first-order chi connectivity index (χ1) is 6.54. The van der Waals surface area contributed by atoms with Gasteiger partial charge < -0.3 is 5.32 Å². The molecule has 2 nitrogen and oxygen atoms in total. The fourth-order valence-electron chi connectivity index (χ4n) is 0.889. The maximum absolute atomic E-state index is 12.9. The molecule has 0 saturated carbocycles. The number of hydrogen-bond donors (Lipinski definition) is 1. The van der Waals surface area contributed by atoms with Crippen LogP contribution in [0.15, 0.2) is 12.1 Å². The van der Waals surface area contributed by atoms with Gasteiger partial charge in [0.15, 0.2) is 11.6 Å². The highest BCUT2D eigenvalue weighted by molar-refractivity contribution is 5.90. The summed E-state index contributed by atoms with van der Waals surface area (Å²) in [4.78, 5) is 10.8. The molecule has 0 unspecified atom stereocenters. The number of rotatable bonds is 2. The third kappa shape index (κ3) is 2.25. The molecule has 0 fully saturated rings. The van der Waals surface area contributed by atoms with Gasteiger partial charge in [0.2, 0.25) is 5.91 Å². The SMILES string of the molecule is CCC(=O)Nc1c(F)cc(F)cc1F. The van der Waals surface area contributed by atoms with E-state index in [0.29, 0.717) is 12.1 Å². The lowest BCUT2D eigenvalue weighted by Gasteiger charge is -2.05. The van der Waals surface area contributed by atoms with Crippen LogP contribution in [0.25, 0.3) is 0 Å². The van der Waals surface area contributed by atoms with Gasteiger partial charge in [-0.05, 0) is 0 Å². The van der Waals surface area contributed by atoms with Crippen LogP contribution in [0.2, 0.25) is 0 Å². The van der Waals surface area contributed by atoms with E-state index in [1.54, 1.807) is 0 Å². The average molecular weight is 203 g/mol. The number of carbonyl (C=O) groups is 1. The highest BCUT2D eigenvalue weighted by atomic mass is 19.1. The Bertz CT molecular complexity index is 342. The van der Waals surface area contributed by atoms with Crippen molar-refractivity contribution in [3.63, 3.8) is 0 Å². The molecule has 0 radical (unpaired) electrons. The molecule has 1 amide bonds. The van der Waals surface area contributed by atoms with E-state index in [1.807, 2.05) is 5.32 Å². The lowest BCUT2D eigenvalue weighted by molar-refractivity contribution is -0.115. The minimum Gasteiger partial charge on any atom is -0.321 e. The molecule has 1 aromatic rings. The molecule has 0 bridgehead atoms. The van der Waals surface area contributed by atoms with Crippen molar-refractivity contribution < 1.29 is 18.0 Å². The standard InChI is InChI=1S/C9H8F3NO/c1-2-8(14)13-9-6(11)3-5(10)4-7(9)12/h3-4H,2H2,1H3,(H,13,14). The van der Waals surface area contributed by atoms with Gasteiger partial charge in [-0.3, -0.25) is 4.79 Å². The molecular weight excluding hydrogens is 195 g/mol. The fourth-order valence-corrected chi connectivity index (χ4v) is 0.889. The number of anilines is 1. The molecule has 1 rings (SSSR count). The molecule has 1 aromatic carbocycles. The molecule has 0 aromatic heterocycles. The summed E-state index contributed by atoms with van der Waals surface area (Å²) in [7, 11) is 0. The Morgan fingerprint density at radius 2 is 1.79 bits per heavy atom. The molecule has 5 heteroatoms. The fraction of sp³-hybridized carbons (Fsp3) is 0.222. The zero-order chi connectivity index (χ0) is 10.7. The van der Waals surface area contributed by atoms with Crippen LogP contribution in [-0.4, -0.2) is 5.91 Å². The number of benzene rings is 1. The van der Waals surface area contributed by atoms with Crippen molar-refractivity contribution in [3.8, 4) is 0 Å². The first-order valence-corrected chi connectivity index (χ1v) is 3.99. The predicted octanol–water partition coefficient (Wildman–Crippen LogP) is 2.45. The van der Waals surface area contributed by atoms with Gasteiger partial charge in [0.25, 0.3) is 0 Å². The largest absolute Gasteiger partial charge is 0.321 e. The third-order valence-corrected chi connectivity index (χ3v) is 1.59. The van der Waals surface area contributed by atoms with Gasteiger partial charge in [-0.15, -0.1) is 0 Å². The van der Waals surface area contributed by atoms with Crippen LogP contribution in [-0.2, 0) is 4.79 Å². The molecule has 0 spiro atoms. The smallest absolute Gasteiger partial charge is 0.224 e. The van der Waals surface area contributed by atoms with Gasteiger partial charge in [-0.25, -0.2) is 13.2 Å². The van der Waals surface area contributed by atoms with Crippen LogP contribution in [0, 0.1) is 17.5 Å². The van der Waals surface area contributed by atoms with E-state index in [4.69, 9.17) is 0 Å². The zero-order valence-electron chi connectivity index (χ0n) is 7.40. The van der Waals surface area contributed by atoms with E-state index in [9.17, 15) is 18.0 Å². The maximum Gasteiger partial charge on any atom is 0.224 e. The minimum absolute atomic E-state index is 0.0935. The minimum atomic E-state index is -1.12. The zero-order valence-corrected chi connectivity index (χ0v) is 7.40. The maximum atomic E-state index is 12.9. The van der Waals surface area contributed by atoms with E-state index >= 15 is 0 Å². The highest BCUT2D eigenvalue weighted by Crippen LogP contribution is 2.20. The van der Waals surface area contributed by atoms with Gasteiger partial charge in [0.05, 0.1) is 0 Å². The summed E-state index contributed by atoms with van der Waals surface area (Å²) in [5.74, 6) is -3.79. The monoisotopic (exact) mass is 203 g/mol. The normalized spacial score (nSPS) is 10.0. The van der Waals surface area contributed by atoms with Crippen molar-refractivity contribution in [2.24, 2.45) is 0 Å². The Labute approximate surface area is 78.7 Å². The van der Waals surface area contributed by atoms with Crippen LogP contribution in [0.5, 0.6) is 0 Å². The van der Waals surface area contributed by atoms with Crippen molar-refractivity contribution in [1.82, 2.24) is 0 Å². The molecule has 0 aliphatic heterocycles. The summed E-state index contributed by atoms with van der Waals surface area (Å²) in [5.41, 5.74) is -0.613. The van der Waals surface area contributed by atoms with E-state index < -0.39 is 29.0 Å². The molecule has 0 atom stereocenters. The van der Waals surface area contributed by atoms with Crippen molar-refractivity contribution in [2.75, 3.05) is 5.32 Å². The van der Waals surface area contributed by atoms with E-state index in [0.717, 1.165) is 0 Å². The van der Waals surface area contributed by atoms with Crippen LogP contribution >= 0.6 is 0 Å². The van der Waals surface area contributed by atoms with Crippen LogP contribution in [0.3, 0.4) is 0 Å². The van der Waals surface area contributed by atoms with Gasteiger partial charge in [-0.1, -0.05) is 6.92 Å². The Kier molecular flexibility index (Phi) is 3.11. The molecular formula is C9H8F3NO. The Hall–Kier alpha value is -1.52. The number of halogens is 3. The third-order valence-electron chi connectivity index (χ3n) is 1.59. The summed E-state index contributed by atoms with van der Waals surface area (Å²) in [6, 6.07) is 1.02. The number of amides is 1. The molecule has 0 saturated heterocycles. The van der Waals surface area contributed by atoms with Crippen LogP contribution < -0.4 is 5.32 Å². The van der Waals surface area contributed by atoms with E-state index in [2.05, 4.69) is 0 Å². The van der Waals surface area contributed by atoms with E-state index in [1.165, 1.54) is 6.92 Å². The molecule has 14 heavy (non-hydrogen) atoms. The summed E-state index contributed by atoms with van der Waals surface area (Å²) >= 11 is 0. The molecule has 0 heterocycles. The first-order valence-electron chi connectivity index (χ1n) is 3.99. The Balaban J connectivity index is 3.02. The molecule has 0 aliphatic carbocycles. The lowest BCUT2D eigenvalue weighted by Crippen LogP contribution is -2.12. The number of nitrogens with one attached hydrogen (secondary N) is 1. The molecule has 1 N–H and O–H groups in total. The first kappa shape index (κ1) is 10.6. The van der Waals surface area contributed by atoms with Gasteiger partial charge in [0, 0.05) is 18.6 Å². The summed E-state index contributed by atoms with van der Waals surface area (Å²) in [5, 5.41) is 2.00. The van der Waals surface area contributed by atoms with Crippen molar-refractivity contribution in [3.05, 3.63) is 29.6 Å². The second-order valence-electron chi connectivity index (χ2n) is 2.65. The highest BCUT2D eigenvalue weighted by Gasteiger charge is 2.12. The topological polar surface area (TPSA) is 29.1 Å². The molecule has 76 valence electrons. The Morgan fingerprint density at radius 3 is 2.21 bits per heavy atom. The number of carbonyl (C=O) groups excluding carboxylic acids is 1. The summed E-state index contributed by atoms with van der Waals surface area (Å²) in [6.07, 6.45) is 0.0935. The lowest BCUT2D eigenvalue weighted by atomic mass is 10.2. The quantitative estimate of drug-likeness (QED) is 0.785.